The van der Waals surface area contributed by atoms with Crippen LogP contribution in [0, 0.1) is 6.92 Å². The minimum absolute atomic E-state index is 0.0775. The zero-order valence-corrected chi connectivity index (χ0v) is 8.25. The van der Waals surface area contributed by atoms with Crippen LogP contribution in [0.15, 0.2) is 6.07 Å². The zero-order chi connectivity index (χ0) is 11.6. The van der Waals surface area contributed by atoms with Gasteiger partial charge in [0.25, 0.3) is 12.3 Å². The van der Waals surface area contributed by atoms with Crippen molar-refractivity contribution >= 4 is 5.91 Å². The third-order valence-electron chi connectivity index (χ3n) is 1.82. The van der Waals surface area contributed by atoms with Gasteiger partial charge in [0, 0.05) is 11.8 Å². The standard InChI is InChI=1S/C9H10F2N2O2/c1-4-3-5(15-2)6(8(10)11)7(13-4)9(12)14/h3,8H,1-2H3,(H2,12,14). The van der Waals surface area contributed by atoms with E-state index >= 15 is 0 Å². The van der Waals surface area contributed by atoms with E-state index in [2.05, 4.69) is 4.98 Å². The number of ether oxygens (including phenoxy) is 1. The summed E-state index contributed by atoms with van der Waals surface area (Å²) in [4.78, 5) is 14.6. The summed E-state index contributed by atoms with van der Waals surface area (Å²) >= 11 is 0. The molecule has 1 amide bonds. The van der Waals surface area contributed by atoms with Crippen molar-refractivity contribution in [1.29, 1.82) is 0 Å². The smallest absolute Gasteiger partial charge is 0.269 e. The summed E-state index contributed by atoms with van der Waals surface area (Å²) < 4.78 is 30.0. The van der Waals surface area contributed by atoms with Crippen molar-refractivity contribution in [3.05, 3.63) is 23.0 Å². The highest BCUT2D eigenvalue weighted by Gasteiger charge is 2.23. The molecule has 82 valence electrons. The van der Waals surface area contributed by atoms with Crippen molar-refractivity contribution in [2.45, 2.75) is 13.3 Å². The third-order valence-corrected chi connectivity index (χ3v) is 1.82. The Hall–Kier alpha value is -1.72. The van der Waals surface area contributed by atoms with Crippen LogP contribution in [-0.4, -0.2) is 18.0 Å². The Labute approximate surface area is 85.1 Å². The second kappa shape index (κ2) is 4.20. The van der Waals surface area contributed by atoms with E-state index in [4.69, 9.17) is 10.5 Å². The largest absolute Gasteiger partial charge is 0.496 e. The summed E-state index contributed by atoms with van der Waals surface area (Å²) in [6, 6.07) is 1.33. The first-order valence-corrected chi connectivity index (χ1v) is 4.10. The number of halogens is 2. The molecule has 1 rings (SSSR count). The number of rotatable bonds is 3. The number of pyridine rings is 1. The van der Waals surface area contributed by atoms with E-state index in [1.165, 1.54) is 13.2 Å². The normalized spacial score (nSPS) is 10.5. The summed E-state index contributed by atoms with van der Waals surface area (Å²) in [6.45, 7) is 1.56. The Morgan fingerprint density at radius 2 is 2.20 bits per heavy atom. The van der Waals surface area contributed by atoms with Crippen LogP contribution in [0.25, 0.3) is 0 Å². The molecule has 0 aliphatic heterocycles. The molecule has 1 aromatic rings. The van der Waals surface area contributed by atoms with E-state index in [0.29, 0.717) is 5.69 Å². The lowest BCUT2D eigenvalue weighted by Gasteiger charge is -2.11. The summed E-state index contributed by atoms with van der Waals surface area (Å²) in [5.41, 5.74) is 4.35. The number of hydrogen-bond donors (Lipinski definition) is 1. The maximum atomic E-state index is 12.6. The molecule has 4 nitrogen and oxygen atoms in total. The van der Waals surface area contributed by atoms with E-state index in [9.17, 15) is 13.6 Å². The van der Waals surface area contributed by atoms with Gasteiger partial charge in [0.2, 0.25) is 0 Å². The van der Waals surface area contributed by atoms with Gasteiger partial charge in [-0.25, -0.2) is 13.8 Å². The van der Waals surface area contributed by atoms with Crippen molar-refractivity contribution in [1.82, 2.24) is 4.98 Å². The topological polar surface area (TPSA) is 65.2 Å². The molecule has 0 saturated carbocycles. The molecule has 0 unspecified atom stereocenters. The highest BCUT2D eigenvalue weighted by atomic mass is 19.3. The number of aromatic nitrogens is 1. The van der Waals surface area contributed by atoms with Crippen molar-refractivity contribution in [3.63, 3.8) is 0 Å². The van der Waals surface area contributed by atoms with E-state index in [1.54, 1.807) is 6.92 Å². The van der Waals surface area contributed by atoms with Crippen LogP contribution in [0.4, 0.5) is 8.78 Å². The maximum Gasteiger partial charge on any atom is 0.269 e. The van der Waals surface area contributed by atoms with Crippen LogP contribution in [-0.2, 0) is 0 Å². The number of nitrogens with zero attached hydrogens (tertiary/aromatic N) is 1. The molecule has 1 heterocycles. The van der Waals surface area contributed by atoms with Crippen molar-refractivity contribution < 1.29 is 18.3 Å². The van der Waals surface area contributed by atoms with E-state index in [-0.39, 0.29) is 5.75 Å². The van der Waals surface area contributed by atoms with Crippen LogP contribution in [0.1, 0.15) is 28.2 Å². The SMILES string of the molecule is COc1cc(C)nc(C(N)=O)c1C(F)F. The summed E-state index contributed by atoms with van der Waals surface area (Å²) in [7, 11) is 1.24. The van der Waals surface area contributed by atoms with E-state index in [1.807, 2.05) is 0 Å². The van der Waals surface area contributed by atoms with Crippen molar-refractivity contribution in [3.8, 4) is 5.75 Å². The molecule has 0 saturated heterocycles. The molecule has 15 heavy (non-hydrogen) atoms. The molecule has 0 aliphatic carbocycles. The fourth-order valence-electron chi connectivity index (χ4n) is 1.22. The number of nitrogens with two attached hydrogens (primary N) is 1. The van der Waals surface area contributed by atoms with Crippen LogP contribution >= 0.6 is 0 Å². The lowest BCUT2D eigenvalue weighted by molar-refractivity contribution is 0.0977. The monoisotopic (exact) mass is 216 g/mol. The molecule has 2 N–H and O–H groups in total. The molecule has 1 aromatic heterocycles. The first kappa shape index (κ1) is 11.4. The Morgan fingerprint density at radius 1 is 1.60 bits per heavy atom. The highest BCUT2D eigenvalue weighted by molar-refractivity contribution is 5.93. The summed E-state index contributed by atoms with van der Waals surface area (Å²) in [6.07, 6.45) is -2.85. The molecule has 0 aromatic carbocycles. The predicted octanol–water partition coefficient (Wildman–Crippen LogP) is 1.44. The minimum Gasteiger partial charge on any atom is -0.496 e. The molecular weight excluding hydrogens is 206 g/mol. The van der Waals surface area contributed by atoms with Gasteiger partial charge in [-0.15, -0.1) is 0 Å². The predicted molar refractivity (Wildman–Crippen MR) is 49.0 cm³/mol. The lowest BCUT2D eigenvalue weighted by Crippen LogP contribution is -2.17. The van der Waals surface area contributed by atoms with Gasteiger partial charge in [-0.05, 0) is 6.92 Å². The number of methoxy groups -OCH3 is 1. The van der Waals surface area contributed by atoms with Crippen molar-refractivity contribution in [2.75, 3.05) is 7.11 Å². The number of carbonyl (C=O) groups excluding carboxylic acids is 1. The van der Waals surface area contributed by atoms with E-state index in [0.717, 1.165) is 0 Å². The average molecular weight is 216 g/mol. The van der Waals surface area contributed by atoms with Gasteiger partial charge in [0.05, 0.1) is 12.7 Å². The molecule has 0 radical (unpaired) electrons. The molecule has 0 aliphatic rings. The first-order chi connectivity index (χ1) is 6.97. The maximum absolute atomic E-state index is 12.6. The van der Waals surface area contributed by atoms with Gasteiger partial charge in [-0.1, -0.05) is 0 Å². The first-order valence-electron chi connectivity index (χ1n) is 4.10. The van der Waals surface area contributed by atoms with Gasteiger partial charge in [0.1, 0.15) is 11.4 Å². The Morgan fingerprint density at radius 3 is 2.60 bits per heavy atom. The van der Waals surface area contributed by atoms with Crippen LogP contribution in [0.2, 0.25) is 0 Å². The molecule has 0 bridgehead atoms. The van der Waals surface area contributed by atoms with Gasteiger partial charge in [-0.2, -0.15) is 0 Å². The van der Waals surface area contributed by atoms with Gasteiger partial charge in [0.15, 0.2) is 0 Å². The molecule has 6 heteroatoms. The molecule has 0 spiro atoms. The molecular formula is C9H10F2N2O2. The Bertz CT molecular complexity index is 394. The number of carbonyl (C=O) groups is 1. The Kier molecular flexibility index (Phi) is 3.18. The number of hydrogen-bond acceptors (Lipinski definition) is 3. The van der Waals surface area contributed by atoms with Crippen LogP contribution in [0.3, 0.4) is 0 Å². The summed E-state index contributed by atoms with van der Waals surface area (Å²) in [5.74, 6) is -1.07. The van der Waals surface area contributed by atoms with Gasteiger partial charge >= 0.3 is 0 Å². The van der Waals surface area contributed by atoms with Gasteiger partial charge < -0.3 is 10.5 Å². The molecule has 0 fully saturated rings. The van der Waals surface area contributed by atoms with Gasteiger partial charge in [-0.3, -0.25) is 4.79 Å². The number of aryl methyl sites for hydroxylation is 1. The number of primary amides is 1. The lowest BCUT2D eigenvalue weighted by atomic mass is 10.1. The summed E-state index contributed by atoms with van der Waals surface area (Å²) in [5, 5.41) is 0. The average Bonchev–Trinajstić information content (AvgIpc) is 2.15. The second-order valence-electron chi connectivity index (χ2n) is 2.89. The second-order valence-corrected chi connectivity index (χ2v) is 2.89. The fraction of sp³-hybridized carbons (Fsp3) is 0.333. The van der Waals surface area contributed by atoms with Crippen LogP contribution < -0.4 is 10.5 Å². The van der Waals surface area contributed by atoms with Crippen LogP contribution in [0.5, 0.6) is 5.75 Å². The molecule has 0 atom stereocenters. The zero-order valence-electron chi connectivity index (χ0n) is 8.25. The van der Waals surface area contributed by atoms with Crippen molar-refractivity contribution in [2.24, 2.45) is 5.73 Å². The fourth-order valence-corrected chi connectivity index (χ4v) is 1.22. The number of alkyl halides is 2. The Balaban J connectivity index is 3.47. The highest BCUT2D eigenvalue weighted by Crippen LogP contribution is 2.31. The minimum atomic E-state index is -2.85. The number of amides is 1. The quantitative estimate of drug-likeness (QED) is 0.831. The third kappa shape index (κ3) is 2.20. The van der Waals surface area contributed by atoms with E-state index < -0.39 is 23.6 Å².